The molecule has 0 radical (unpaired) electrons. The summed E-state index contributed by atoms with van der Waals surface area (Å²) < 4.78 is 0. The summed E-state index contributed by atoms with van der Waals surface area (Å²) in [6.07, 6.45) is 13.1. The molecule has 22 heavy (non-hydrogen) atoms. The highest BCUT2D eigenvalue weighted by Gasteiger charge is 2.38. The third-order valence-electron chi connectivity index (χ3n) is 5.38. The second kappa shape index (κ2) is 10.2. The van der Waals surface area contributed by atoms with Gasteiger partial charge in [-0.1, -0.05) is 79.2 Å². The average molecular weight is 309 g/mol. The van der Waals surface area contributed by atoms with Crippen molar-refractivity contribution in [1.29, 1.82) is 0 Å². The van der Waals surface area contributed by atoms with E-state index in [-0.39, 0.29) is 0 Å². The van der Waals surface area contributed by atoms with Crippen LogP contribution in [0.3, 0.4) is 0 Å². The summed E-state index contributed by atoms with van der Waals surface area (Å²) in [5, 5.41) is 3.79. The maximum Gasteiger partial charge on any atom is 0.0944 e. The van der Waals surface area contributed by atoms with Crippen LogP contribution in [0.25, 0.3) is 0 Å². The summed E-state index contributed by atoms with van der Waals surface area (Å²) in [4.78, 5) is 2.53. The second-order valence-electron chi connectivity index (χ2n) is 7.33. The Morgan fingerprint density at radius 2 is 1.68 bits per heavy atom. The Hall–Kier alpha value is -0.660. The van der Waals surface area contributed by atoms with Crippen LogP contribution < -0.4 is 5.32 Å². The third kappa shape index (κ3) is 5.85. The topological polar surface area (TPSA) is 15.3 Å². The number of hydrogen-bond donors (Lipinski definition) is 1. The summed E-state index contributed by atoms with van der Waals surface area (Å²) in [5.41, 5.74) is 0.301. The molecule has 1 fully saturated rings. The van der Waals surface area contributed by atoms with Gasteiger partial charge in [0.2, 0.25) is 0 Å². The Kier molecular flexibility index (Phi) is 8.97. The number of hydrogen-bond acceptors (Lipinski definition) is 2. The molecule has 0 saturated carbocycles. The van der Waals surface area contributed by atoms with E-state index in [2.05, 4.69) is 44.5 Å². The first kappa shape index (κ1) is 19.4. The maximum atomic E-state index is 4.31. The lowest BCUT2D eigenvalue weighted by Crippen LogP contribution is -2.42. The van der Waals surface area contributed by atoms with Gasteiger partial charge in [-0.05, 0) is 25.2 Å². The second-order valence-corrected chi connectivity index (χ2v) is 7.33. The molecular formula is C20H40N2. The summed E-state index contributed by atoms with van der Waals surface area (Å²) in [6, 6.07) is 0. The fraction of sp³-hybridized carbons (Fsp3) is 0.900. The Balaban J connectivity index is 2.56. The van der Waals surface area contributed by atoms with Crippen LogP contribution in [0.2, 0.25) is 0 Å². The highest BCUT2D eigenvalue weighted by atomic mass is 15.3. The SMILES string of the molecule is C=C1NC(CCCC)(CCCC)CN1CCC(CC)CCC. The van der Waals surface area contributed by atoms with Crippen molar-refractivity contribution < 1.29 is 0 Å². The Labute approximate surface area is 139 Å². The molecule has 1 aliphatic rings. The van der Waals surface area contributed by atoms with Crippen molar-refractivity contribution in [2.75, 3.05) is 13.1 Å². The number of nitrogens with zero attached hydrogens (tertiary/aromatic N) is 1. The van der Waals surface area contributed by atoms with Crippen molar-refractivity contribution in [2.24, 2.45) is 5.92 Å². The standard InChI is InChI=1S/C20H40N2/c1-6-10-14-20(15-11-7-2)17-22(18(5)21-20)16-13-19(9-4)12-8-3/h19,21H,5-17H2,1-4H3. The summed E-state index contributed by atoms with van der Waals surface area (Å²) in [7, 11) is 0. The molecule has 2 nitrogen and oxygen atoms in total. The fourth-order valence-electron chi connectivity index (χ4n) is 3.84. The highest BCUT2D eigenvalue weighted by molar-refractivity contribution is 5.10. The molecule has 0 aromatic carbocycles. The van der Waals surface area contributed by atoms with Crippen LogP contribution in [0.4, 0.5) is 0 Å². The van der Waals surface area contributed by atoms with Crippen molar-refractivity contribution in [3.8, 4) is 0 Å². The smallest absolute Gasteiger partial charge is 0.0944 e. The molecule has 1 rings (SSSR count). The lowest BCUT2D eigenvalue weighted by atomic mass is 9.87. The molecule has 1 N–H and O–H groups in total. The van der Waals surface area contributed by atoms with Crippen molar-refractivity contribution >= 4 is 0 Å². The normalized spacial score (nSPS) is 18.5. The molecule has 0 bridgehead atoms. The number of unbranched alkanes of at least 4 members (excludes halogenated alkanes) is 2. The molecule has 0 spiro atoms. The minimum Gasteiger partial charge on any atom is -0.365 e. The van der Waals surface area contributed by atoms with Gasteiger partial charge in [-0.2, -0.15) is 0 Å². The molecule has 1 saturated heterocycles. The van der Waals surface area contributed by atoms with E-state index < -0.39 is 0 Å². The van der Waals surface area contributed by atoms with Gasteiger partial charge < -0.3 is 10.2 Å². The molecule has 1 atom stereocenters. The van der Waals surface area contributed by atoms with Crippen molar-refractivity contribution in [3.05, 3.63) is 12.4 Å². The minimum atomic E-state index is 0.301. The first-order chi connectivity index (χ1) is 10.6. The van der Waals surface area contributed by atoms with E-state index in [9.17, 15) is 0 Å². The lowest BCUT2D eigenvalue weighted by Gasteiger charge is -2.29. The summed E-state index contributed by atoms with van der Waals surface area (Å²) >= 11 is 0. The van der Waals surface area contributed by atoms with Crippen LogP contribution in [0.1, 0.15) is 91.9 Å². The first-order valence-electron chi connectivity index (χ1n) is 9.82. The van der Waals surface area contributed by atoms with E-state index in [0.717, 1.165) is 5.92 Å². The highest BCUT2D eigenvalue weighted by Crippen LogP contribution is 2.31. The Morgan fingerprint density at radius 1 is 1.05 bits per heavy atom. The molecule has 1 unspecified atom stereocenters. The summed E-state index contributed by atoms with van der Waals surface area (Å²) in [5.74, 6) is 2.07. The third-order valence-corrected chi connectivity index (χ3v) is 5.38. The van der Waals surface area contributed by atoms with Crippen LogP contribution in [-0.2, 0) is 0 Å². The molecule has 1 aliphatic heterocycles. The Morgan fingerprint density at radius 3 is 2.18 bits per heavy atom. The number of nitrogens with one attached hydrogen (secondary N) is 1. The van der Waals surface area contributed by atoms with E-state index in [1.54, 1.807) is 0 Å². The first-order valence-corrected chi connectivity index (χ1v) is 9.82. The van der Waals surface area contributed by atoms with E-state index in [4.69, 9.17) is 0 Å². The molecule has 2 heteroatoms. The molecule has 0 aromatic rings. The van der Waals surface area contributed by atoms with Crippen molar-refractivity contribution in [3.63, 3.8) is 0 Å². The molecule has 0 aliphatic carbocycles. The van der Waals surface area contributed by atoms with Gasteiger partial charge in [0.25, 0.3) is 0 Å². The lowest BCUT2D eigenvalue weighted by molar-refractivity contribution is 0.268. The zero-order valence-electron chi connectivity index (χ0n) is 15.7. The zero-order chi connectivity index (χ0) is 16.4. The fourth-order valence-corrected chi connectivity index (χ4v) is 3.84. The molecular weight excluding hydrogens is 268 g/mol. The van der Waals surface area contributed by atoms with E-state index >= 15 is 0 Å². The molecule has 130 valence electrons. The number of rotatable bonds is 12. The van der Waals surface area contributed by atoms with E-state index in [1.165, 1.54) is 83.1 Å². The predicted octanol–water partition coefficient (Wildman–Crippen LogP) is 5.70. The van der Waals surface area contributed by atoms with Crippen molar-refractivity contribution in [2.45, 2.75) is 97.4 Å². The van der Waals surface area contributed by atoms with E-state index in [1.807, 2.05) is 0 Å². The zero-order valence-corrected chi connectivity index (χ0v) is 15.7. The average Bonchev–Trinajstić information content (AvgIpc) is 2.84. The monoisotopic (exact) mass is 308 g/mol. The van der Waals surface area contributed by atoms with Gasteiger partial charge >= 0.3 is 0 Å². The van der Waals surface area contributed by atoms with Gasteiger partial charge in [-0.25, -0.2) is 0 Å². The molecule has 0 amide bonds. The van der Waals surface area contributed by atoms with E-state index in [0.29, 0.717) is 5.54 Å². The largest absolute Gasteiger partial charge is 0.365 e. The van der Waals surface area contributed by atoms with Gasteiger partial charge in [-0.3, -0.25) is 0 Å². The van der Waals surface area contributed by atoms with Crippen LogP contribution in [0, 0.1) is 5.92 Å². The van der Waals surface area contributed by atoms with Gasteiger partial charge in [0.1, 0.15) is 0 Å². The molecule has 1 heterocycles. The predicted molar refractivity (Wildman–Crippen MR) is 98.9 cm³/mol. The van der Waals surface area contributed by atoms with Gasteiger partial charge in [0, 0.05) is 13.1 Å². The van der Waals surface area contributed by atoms with Crippen molar-refractivity contribution in [1.82, 2.24) is 10.2 Å². The maximum absolute atomic E-state index is 4.31. The minimum absolute atomic E-state index is 0.301. The van der Waals surface area contributed by atoms with Crippen LogP contribution in [0.5, 0.6) is 0 Å². The molecule has 0 aromatic heterocycles. The van der Waals surface area contributed by atoms with Crippen LogP contribution in [0.15, 0.2) is 12.4 Å². The van der Waals surface area contributed by atoms with Crippen LogP contribution in [-0.4, -0.2) is 23.5 Å². The Bertz CT molecular complexity index is 303. The summed E-state index contributed by atoms with van der Waals surface area (Å²) in [6.45, 7) is 15.9. The van der Waals surface area contributed by atoms with Gasteiger partial charge in [-0.15, -0.1) is 0 Å². The van der Waals surface area contributed by atoms with Gasteiger partial charge in [0.05, 0.1) is 11.4 Å². The quantitative estimate of drug-likeness (QED) is 0.497. The van der Waals surface area contributed by atoms with Gasteiger partial charge in [0.15, 0.2) is 0 Å². The van der Waals surface area contributed by atoms with Crippen LogP contribution >= 0.6 is 0 Å².